The molecule has 0 fully saturated rings. The number of rotatable bonds is 6. The third-order valence-corrected chi connectivity index (χ3v) is 2.95. The summed E-state index contributed by atoms with van der Waals surface area (Å²) >= 11 is 0. The number of nitrogens with one attached hydrogen (secondary N) is 1. The molecule has 0 radical (unpaired) electrons. The molecule has 1 heterocycles. The van der Waals surface area contributed by atoms with Crippen LogP contribution in [0.3, 0.4) is 0 Å². The summed E-state index contributed by atoms with van der Waals surface area (Å²) in [5.41, 5.74) is 7.37. The van der Waals surface area contributed by atoms with Crippen LogP contribution in [0.4, 0.5) is 15.9 Å². The van der Waals surface area contributed by atoms with E-state index in [0.29, 0.717) is 42.3 Å². The van der Waals surface area contributed by atoms with E-state index in [-0.39, 0.29) is 5.82 Å². The maximum Gasteiger partial charge on any atom is 0.242 e. The Bertz CT molecular complexity index is 629. The largest absolute Gasteiger partial charge is 0.476 e. The van der Waals surface area contributed by atoms with Crippen molar-refractivity contribution in [2.24, 2.45) is 5.92 Å². The average Bonchev–Trinajstić information content (AvgIpc) is 2.47. The molecular formula is C16H21FN4O. The third kappa shape index (κ3) is 4.31. The van der Waals surface area contributed by atoms with E-state index in [1.54, 1.807) is 19.1 Å². The van der Waals surface area contributed by atoms with Crippen molar-refractivity contribution < 1.29 is 9.13 Å². The third-order valence-electron chi connectivity index (χ3n) is 2.95. The number of hydrogen-bond acceptors (Lipinski definition) is 5. The predicted octanol–water partition coefficient (Wildman–Crippen LogP) is 3.15. The lowest BCUT2D eigenvalue weighted by Crippen LogP contribution is -2.12. The normalized spacial score (nSPS) is 10.8. The Balaban J connectivity index is 2.11. The second-order valence-corrected chi connectivity index (χ2v) is 5.52. The second-order valence-electron chi connectivity index (χ2n) is 5.52. The maximum absolute atomic E-state index is 12.9. The molecule has 118 valence electrons. The minimum Gasteiger partial charge on any atom is -0.476 e. The molecule has 0 aliphatic carbocycles. The number of benzene rings is 1. The van der Waals surface area contributed by atoms with Gasteiger partial charge in [-0.3, -0.25) is 0 Å². The smallest absolute Gasteiger partial charge is 0.242 e. The van der Waals surface area contributed by atoms with Gasteiger partial charge in [-0.15, -0.1) is 0 Å². The van der Waals surface area contributed by atoms with Gasteiger partial charge in [0, 0.05) is 6.54 Å². The fourth-order valence-electron chi connectivity index (χ4n) is 1.83. The van der Waals surface area contributed by atoms with Gasteiger partial charge in [0.25, 0.3) is 0 Å². The molecule has 22 heavy (non-hydrogen) atoms. The first kappa shape index (κ1) is 16.0. The van der Waals surface area contributed by atoms with Gasteiger partial charge in [0.15, 0.2) is 5.82 Å². The molecule has 0 aliphatic rings. The number of anilines is 2. The SMILES string of the molecule is Cc1nc(NCc2ccc(F)cc2)c(N)c(OCC(C)C)n1. The number of aryl methyl sites for hydroxylation is 1. The summed E-state index contributed by atoms with van der Waals surface area (Å²) in [5.74, 6) is 1.61. The van der Waals surface area contributed by atoms with Crippen LogP contribution in [0.25, 0.3) is 0 Å². The van der Waals surface area contributed by atoms with E-state index in [2.05, 4.69) is 29.1 Å². The van der Waals surface area contributed by atoms with Gasteiger partial charge in [0.1, 0.15) is 17.3 Å². The van der Waals surface area contributed by atoms with Crippen molar-refractivity contribution in [1.82, 2.24) is 9.97 Å². The zero-order valence-electron chi connectivity index (χ0n) is 13.1. The van der Waals surface area contributed by atoms with Crippen molar-refractivity contribution in [3.8, 4) is 5.88 Å². The molecule has 0 saturated carbocycles. The minimum atomic E-state index is -0.259. The van der Waals surface area contributed by atoms with Gasteiger partial charge < -0.3 is 15.8 Å². The fourth-order valence-corrected chi connectivity index (χ4v) is 1.83. The molecule has 3 N–H and O–H groups in total. The fraction of sp³-hybridized carbons (Fsp3) is 0.375. The highest BCUT2D eigenvalue weighted by Gasteiger charge is 2.12. The molecule has 5 nitrogen and oxygen atoms in total. The molecule has 0 bridgehead atoms. The van der Waals surface area contributed by atoms with Gasteiger partial charge in [-0.2, -0.15) is 4.98 Å². The van der Waals surface area contributed by atoms with Crippen molar-refractivity contribution in [3.05, 3.63) is 41.5 Å². The van der Waals surface area contributed by atoms with E-state index in [0.717, 1.165) is 5.56 Å². The van der Waals surface area contributed by atoms with Crippen molar-refractivity contribution >= 4 is 11.5 Å². The van der Waals surface area contributed by atoms with Crippen molar-refractivity contribution in [2.45, 2.75) is 27.3 Å². The molecular weight excluding hydrogens is 283 g/mol. The molecule has 2 rings (SSSR count). The van der Waals surface area contributed by atoms with E-state index < -0.39 is 0 Å². The first-order chi connectivity index (χ1) is 10.5. The number of ether oxygens (including phenoxy) is 1. The van der Waals surface area contributed by atoms with Gasteiger partial charge in [0.2, 0.25) is 5.88 Å². The minimum absolute atomic E-state index is 0.259. The lowest BCUT2D eigenvalue weighted by atomic mass is 10.2. The molecule has 2 aromatic rings. The lowest BCUT2D eigenvalue weighted by Gasteiger charge is -2.14. The molecule has 6 heteroatoms. The molecule has 0 amide bonds. The van der Waals surface area contributed by atoms with Gasteiger partial charge in [-0.05, 0) is 30.5 Å². The Morgan fingerprint density at radius 2 is 1.91 bits per heavy atom. The summed E-state index contributed by atoms with van der Waals surface area (Å²) in [5, 5.41) is 3.14. The Labute approximate surface area is 129 Å². The first-order valence-electron chi connectivity index (χ1n) is 7.21. The van der Waals surface area contributed by atoms with Gasteiger partial charge in [-0.1, -0.05) is 26.0 Å². The van der Waals surface area contributed by atoms with E-state index in [1.807, 2.05) is 0 Å². The quantitative estimate of drug-likeness (QED) is 0.857. The van der Waals surface area contributed by atoms with E-state index in [1.165, 1.54) is 12.1 Å². The zero-order chi connectivity index (χ0) is 16.1. The number of halogens is 1. The molecule has 0 spiro atoms. The van der Waals surface area contributed by atoms with Crippen LogP contribution >= 0.6 is 0 Å². The summed E-state index contributed by atoms with van der Waals surface area (Å²) in [4.78, 5) is 8.52. The predicted molar refractivity (Wildman–Crippen MR) is 85.2 cm³/mol. The van der Waals surface area contributed by atoms with Crippen LogP contribution < -0.4 is 15.8 Å². The number of hydrogen-bond donors (Lipinski definition) is 2. The molecule has 0 unspecified atom stereocenters. The number of aromatic nitrogens is 2. The molecule has 1 aromatic carbocycles. The highest BCUT2D eigenvalue weighted by atomic mass is 19.1. The summed E-state index contributed by atoms with van der Waals surface area (Å²) < 4.78 is 18.5. The van der Waals surface area contributed by atoms with Gasteiger partial charge in [0.05, 0.1) is 6.61 Å². The molecule has 0 aliphatic heterocycles. The Kier molecular flexibility index (Phi) is 5.14. The van der Waals surface area contributed by atoms with Crippen LogP contribution in [0.2, 0.25) is 0 Å². The summed E-state index contributed by atoms with van der Waals surface area (Å²) in [7, 11) is 0. The van der Waals surface area contributed by atoms with Crippen molar-refractivity contribution in [1.29, 1.82) is 0 Å². The van der Waals surface area contributed by atoms with Crippen molar-refractivity contribution in [2.75, 3.05) is 17.7 Å². The average molecular weight is 304 g/mol. The summed E-state index contributed by atoms with van der Waals surface area (Å²) in [6.07, 6.45) is 0. The Morgan fingerprint density at radius 3 is 2.55 bits per heavy atom. The molecule has 1 aromatic heterocycles. The van der Waals surface area contributed by atoms with Crippen LogP contribution in [0.5, 0.6) is 5.88 Å². The maximum atomic E-state index is 12.9. The molecule has 0 saturated heterocycles. The van der Waals surface area contributed by atoms with Gasteiger partial charge >= 0.3 is 0 Å². The summed E-state index contributed by atoms with van der Waals surface area (Å²) in [6, 6.07) is 6.26. The number of nitrogen functional groups attached to an aromatic ring is 1. The summed E-state index contributed by atoms with van der Waals surface area (Å²) in [6.45, 7) is 6.92. The standard InChI is InChI=1S/C16H21FN4O/c1-10(2)9-22-16-14(18)15(20-11(3)21-16)19-8-12-4-6-13(17)7-5-12/h4-7,10H,8-9,18H2,1-3H3,(H,19,20,21). The topological polar surface area (TPSA) is 73.1 Å². The van der Waals surface area contributed by atoms with E-state index in [4.69, 9.17) is 10.5 Å². The van der Waals surface area contributed by atoms with Crippen LogP contribution in [0, 0.1) is 18.7 Å². The van der Waals surface area contributed by atoms with E-state index >= 15 is 0 Å². The lowest BCUT2D eigenvalue weighted by molar-refractivity contribution is 0.262. The van der Waals surface area contributed by atoms with E-state index in [9.17, 15) is 4.39 Å². The highest BCUT2D eigenvalue weighted by molar-refractivity contribution is 5.66. The van der Waals surface area contributed by atoms with Crippen LogP contribution in [0.15, 0.2) is 24.3 Å². The van der Waals surface area contributed by atoms with Crippen LogP contribution in [0.1, 0.15) is 25.2 Å². The van der Waals surface area contributed by atoms with Crippen LogP contribution in [-0.2, 0) is 6.54 Å². The zero-order valence-corrected chi connectivity index (χ0v) is 13.1. The monoisotopic (exact) mass is 304 g/mol. The first-order valence-corrected chi connectivity index (χ1v) is 7.21. The second kappa shape index (κ2) is 7.06. The Hall–Kier alpha value is -2.37. The highest BCUT2D eigenvalue weighted by Crippen LogP contribution is 2.26. The van der Waals surface area contributed by atoms with Gasteiger partial charge in [-0.25, -0.2) is 9.37 Å². The number of nitrogens with two attached hydrogens (primary N) is 1. The molecule has 0 atom stereocenters. The van der Waals surface area contributed by atoms with Crippen molar-refractivity contribution in [3.63, 3.8) is 0 Å². The number of nitrogens with zero attached hydrogens (tertiary/aromatic N) is 2. The Morgan fingerprint density at radius 1 is 1.23 bits per heavy atom. The van der Waals surface area contributed by atoms with Crippen LogP contribution in [-0.4, -0.2) is 16.6 Å².